The van der Waals surface area contributed by atoms with Crippen molar-refractivity contribution in [3.63, 3.8) is 0 Å². The van der Waals surface area contributed by atoms with E-state index in [4.69, 9.17) is 0 Å². The van der Waals surface area contributed by atoms with E-state index < -0.39 is 11.7 Å². The van der Waals surface area contributed by atoms with E-state index in [2.05, 4.69) is 0 Å². The summed E-state index contributed by atoms with van der Waals surface area (Å²) in [7, 11) is 0. The van der Waals surface area contributed by atoms with Crippen LogP contribution in [0.25, 0.3) is 0 Å². The second kappa shape index (κ2) is 5.04. The van der Waals surface area contributed by atoms with Gasteiger partial charge < -0.3 is 11.1 Å². The van der Waals surface area contributed by atoms with Gasteiger partial charge in [0, 0.05) is 0 Å². The van der Waals surface area contributed by atoms with Gasteiger partial charge in [-0.1, -0.05) is 42.5 Å². The minimum absolute atomic E-state index is 0. The van der Waals surface area contributed by atoms with Crippen LogP contribution in [0.3, 0.4) is 0 Å². The van der Waals surface area contributed by atoms with Crippen LogP contribution in [0.1, 0.15) is 15.9 Å². The summed E-state index contributed by atoms with van der Waals surface area (Å²) in [5.74, 6) is -0.860. The molecule has 2 aromatic carbocycles. The van der Waals surface area contributed by atoms with Crippen LogP contribution >= 0.6 is 0 Å². The zero-order chi connectivity index (χ0) is 12.5. The second-order valence-corrected chi connectivity index (χ2v) is 4.22. The third kappa shape index (κ3) is 2.13. The number of nitrogens with zero attached hydrogens (tertiary/aromatic N) is 1. The Hall–Kier alpha value is -2.46. The number of carbonyl (C=O) groups is 2. The second-order valence-electron chi connectivity index (χ2n) is 4.22. The first-order chi connectivity index (χ1) is 8.77. The van der Waals surface area contributed by atoms with Gasteiger partial charge >= 0.3 is 0 Å². The first kappa shape index (κ1) is 13.0. The molecule has 0 bridgehead atoms. The highest BCUT2D eigenvalue weighted by Crippen LogP contribution is 2.29. The Morgan fingerprint density at radius 1 is 0.842 bits per heavy atom. The molecular weight excluding hydrogens is 240 g/mol. The van der Waals surface area contributed by atoms with Crippen molar-refractivity contribution in [1.82, 2.24) is 6.15 Å². The number of amides is 1. The number of anilines is 1. The highest BCUT2D eigenvalue weighted by atomic mass is 16.2. The predicted molar refractivity (Wildman–Crippen MR) is 73.4 cm³/mol. The van der Waals surface area contributed by atoms with Crippen LogP contribution in [-0.4, -0.2) is 11.7 Å². The number of rotatable bonds is 2. The summed E-state index contributed by atoms with van der Waals surface area (Å²) in [6, 6.07) is 16.8. The fourth-order valence-corrected chi connectivity index (χ4v) is 2.17. The Labute approximate surface area is 111 Å². The Kier molecular flexibility index (Phi) is 3.44. The Morgan fingerprint density at radius 2 is 1.47 bits per heavy atom. The molecular formula is C15H14N2O2. The summed E-state index contributed by atoms with van der Waals surface area (Å²) < 4.78 is 0. The average molecular weight is 254 g/mol. The number of para-hydroxylation sites is 1. The van der Waals surface area contributed by atoms with E-state index in [-0.39, 0.29) is 6.15 Å². The van der Waals surface area contributed by atoms with Gasteiger partial charge in [-0.15, -0.1) is 0 Å². The van der Waals surface area contributed by atoms with Gasteiger partial charge in [0.25, 0.3) is 11.7 Å². The lowest BCUT2D eigenvalue weighted by atomic mass is 10.1. The van der Waals surface area contributed by atoms with Crippen molar-refractivity contribution < 1.29 is 9.59 Å². The van der Waals surface area contributed by atoms with Gasteiger partial charge in [0.15, 0.2) is 0 Å². The van der Waals surface area contributed by atoms with Crippen LogP contribution in [0.15, 0.2) is 54.6 Å². The number of benzene rings is 2. The van der Waals surface area contributed by atoms with E-state index >= 15 is 0 Å². The lowest BCUT2D eigenvalue weighted by Gasteiger charge is -2.16. The van der Waals surface area contributed by atoms with Gasteiger partial charge in [0.2, 0.25) is 0 Å². The van der Waals surface area contributed by atoms with Crippen molar-refractivity contribution in [2.45, 2.75) is 6.54 Å². The molecule has 96 valence electrons. The molecule has 3 N–H and O–H groups in total. The highest BCUT2D eigenvalue weighted by Gasteiger charge is 2.35. The molecule has 4 nitrogen and oxygen atoms in total. The monoisotopic (exact) mass is 254 g/mol. The van der Waals surface area contributed by atoms with E-state index in [1.54, 1.807) is 18.2 Å². The molecule has 0 spiro atoms. The third-order valence-electron chi connectivity index (χ3n) is 3.06. The first-order valence-corrected chi connectivity index (χ1v) is 5.76. The topological polar surface area (TPSA) is 72.4 Å². The maximum atomic E-state index is 11.9. The summed E-state index contributed by atoms with van der Waals surface area (Å²) in [5, 5.41) is 0. The molecule has 0 aromatic heterocycles. The van der Waals surface area contributed by atoms with Crippen molar-refractivity contribution in [2.75, 3.05) is 4.90 Å². The minimum Gasteiger partial charge on any atom is -0.344 e. The van der Waals surface area contributed by atoms with Gasteiger partial charge in [0.05, 0.1) is 17.8 Å². The fraction of sp³-hybridized carbons (Fsp3) is 0.0667. The first-order valence-electron chi connectivity index (χ1n) is 5.76. The molecule has 0 aliphatic carbocycles. The lowest BCUT2D eigenvalue weighted by molar-refractivity contribution is -0.114. The molecule has 1 amide bonds. The maximum Gasteiger partial charge on any atom is 0.299 e. The zero-order valence-electron chi connectivity index (χ0n) is 10.4. The Morgan fingerprint density at radius 3 is 2.21 bits per heavy atom. The molecule has 4 heteroatoms. The predicted octanol–water partition coefficient (Wildman–Crippen LogP) is 2.58. The molecule has 3 rings (SSSR count). The third-order valence-corrected chi connectivity index (χ3v) is 3.06. The zero-order valence-corrected chi connectivity index (χ0v) is 10.4. The lowest BCUT2D eigenvalue weighted by Crippen LogP contribution is -2.29. The van der Waals surface area contributed by atoms with E-state index in [0.29, 0.717) is 17.8 Å². The molecule has 0 unspecified atom stereocenters. The van der Waals surface area contributed by atoms with Crippen molar-refractivity contribution in [1.29, 1.82) is 0 Å². The van der Waals surface area contributed by atoms with Crippen LogP contribution < -0.4 is 11.1 Å². The Bertz CT molecular complexity index is 623. The summed E-state index contributed by atoms with van der Waals surface area (Å²) in [4.78, 5) is 25.3. The molecule has 0 atom stereocenters. The van der Waals surface area contributed by atoms with E-state index in [9.17, 15) is 9.59 Å². The number of carbonyl (C=O) groups excluding carboxylic acids is 2. The molecule has 0 radical (unpaired) electrons. The average Bonchev–Trinajstić information content (AvgIpc) is 2.66. The molecule has 1 aliphatic heterocycles. The van der Waals surface area contributed by atoms with Crippen molar-refractivity contribution in [2.24, 2.45) is 0 Å². The van der Waals surface area contributed by atoms with Gasteiger partial charge in [-0.3, -0.25) is 9.59 Å². The summed E-state index contributed by atoms with van der Waals surface area (Å²) in [6.07, 6.45) is 0. The molecule has 2 aromatic rings. The smallest absolute Gasteiger partial charge is 0.299 e. The SMILES string of the molecule is N.O=C1C(=O)N(Cc2ccccc2)c2ccccc21. The quantitative estimate of drug-likeness (QED) is 0.837. The molecule has 0 fully saturated rings. The normalized spacial score (nSPS) is 13.2. The largest absolute Gasteiger partial charge is 0.344 e. The van der Waals surface area contributed by atoms with Crippen molar-refractivity contribution in [3.8, 4) is 0 Å². The van der Waals surface area contributed by atoms with Gasteiger partial charge in [0.1, 0.15) is 0 Å². The number of ketones is 1. The Balaban J connectivity index is 0.00000133. The van der Waals surface area contributed by atoms with Gasteiger partial charge in [-0.25, -0.2) is 0 Å². The molecule has 0 saturated heterocycles. The van der Waals surface area contributed by atoms with Crippen LogP contribution in [0.5, 0.6) is 0 Å². The summed E-state index contributed by atoms with van der Waals surface area (Å²) in [6.45, 7) is 0.433. The highest BCUT2D eigenvalue weighted by molar-refractivity contribution is 6.52. The molecule has 1 heterocycles. The van der Waals surface area contributed by atoms with Crippen molar-refractivity contribution in [3.05, 3.63) is 65.7 Å². The summed E-state index contributed by atoms with van der Waals surface area (Å²) in [5.41, 5.74) is 2.21. The van der Waals surface area contributed by atoms with E-state index in [0.717, 1.165) is 5.56 Å². The maximum absolute atomic E-state index is 11.9. The standard InChI is InChI=1S/C15H11NO2.H3N/c17-14-12-8-4-5-9-13(12)16(15(14)18)10-11-6-2-1-3-7-11;/h1-9H,10H2;1H3. The van der Waals surface area contributed by atoms with Crippen LogP contribution in [0.4, 0.5) is 5.69 Å². The molecule has 0 saturated carbocycles. The van der Waals surface area contributed by atoms with Crippen LogP contribution in [0.2, 0.25) is 0 Å². The minimum atomic E-state index is -0.444. The van der Waals surface area contributed by atoms with Crippen LogP contribution in [-0.2, 0) is 11.3 Å². The number of hydrogen-bond acceptors (Lipinski definition) is 3. The van der Waals surface area contributed by atoms with Crippen LogP contribution in [0, 0.1) is 0 Å². The van der Waals surface area contributed by atoms with E-state index in [1.165, 1.54) is 4.90 Å². The summed E-state index contributed by atoms with van der Waals surface area (Å²) >= 11 is 0. The van der Waals surface area contributed by atoms with Gasteiger partial charge in [-0.05, 0) is 17.7 Å². The number of Topliss-reactive ketones (excluding diaryl/α,β-unsaturated/α-hetero) is 1. The molecule has 1 aliphatic rings. The molecule has 19 heavy (non-hydrogen) atoms. The van der Waals surface area contributed by atoms with E-state index in [1.807, 2.05) is 36.4 Å². The number of hydrogen-bond donors (Lipinski definition) is 1. The number of fused-ring (bicyclic) bond motifs is 1. The fourth-order valence-electron chi connectivity index (χ4n) is 2.17. The van der Waals surface area contributed by atoms with Gasteiger partial charge in [-0.2, -0.15) is 0 Å². The van der Waals surface area contributed by atoms with Crippen molar-refractivity contribution >= 4 is 17.4 Å².